The van der Waals surface area contributed by atoms with Crippen molar-refractivity contribution in [2.45, 2.75) is 19.9 Å². The van der Waals surface area contributed by atoms with Gasteiger partial charge in [-0.15, -0.1) is 0 Å². The van der Waals surface area contributed by atoms with Gasteiger partial charge in [0, 0.05) is 12.7 Å². The van der Waals surface area contributed by atoms with Gasteiger partial charge in [0.15, 0.2) is 10.9 Å². The number of benzene rings is 1. The molecule has 0 unspecified atom stereocenters. The summed E-state index contributed by atoms with van der Waals surface area (Å²) in [5.74, 6) is 0.729. The third kappa shape index (κ3) is 6.22. The number of rotatable bonds is 7. The van der Waals surface area contributed by atoms with Gasteiger partial charge in [-0.3, -0.25) is 4.68 Å². The average Bonchev–Trinajstić information content (AvgIpc) is 2.85. The largest absolute Gasteiger partial charge is 0.362 e. The minimum Gasteiger partial charge on any atom is -0.362 e. The van der Waals surface area contributed by atoms with E-state index in [0.717, 1.165) is 36.3 Å². The lowest BCUT2D eigenvalue weighted by Crippen LogP contribution is -2.31. The molecule has 2 aromatic rings. The molecule has 1 heterocycles. The number of nitrogens with zero attached hydrogens (tertiary/aromatic N) is 3. The minimum atomic E-state index is 0.593. The summed E-state index contributed by atoms with van der Waals surface area (Å²) in [6.07, 6.45) is 2.99. The van der Waals surface area contributed by atoms with Gasteiger partial charge in [0.1, 0.15) is 0 Å². The second-order valence-electron chi connectivity index (χ2n) is 6.05. The van der Waals surface area contributed by atoms with E-state index in [1.807, 2.05) is 10.9 Å². The second-order valence-corrected chi connectivity index (χ2v) is 7.31. The summed E-state index contributed by atoms with van der Waals surface area (Å²) in [4.78, 5) is 2.15. The maximum absolute atomic E-state index is 5.32. The van der Waals surface area contributed by atoms with Crippen LogP contribution in [-0.2, 0) is 6.54 Å². The lowest BCUT2D eigenvalue weighted by Gasteiger charge is -2.11. The van der Waals surface area contributed by atoms with Crippen molar-refractivity contribution in [3.8, 4) is 0 Å². The highest BCUT2D eigenvalue weighted by Crippen LogP contribution is 2.20. The zero-order valence-corrected chi connectivity index (χ0v) is 16.7. The highest BCUT2D eigenvalue weighted by Gasteiger charge is 2.08. The molecule has 0 aliphatic rings. The Bertz CT molecular complexity index is 666. The number of halogens is 1. The normalized spacial score (nSPS) is 10.9. The van der Waals surface area contributed by atoms with Crippen molar-refractivity contribution in [1.82, 2.24) is 20.0 Å². The van der Waals surface area contributed by atoms with E-state index in [2.05, 4.69) is 81.8 Å². The first-order chi connectivity index (χ1) is 11.4. The predicted molar refractivity (Wildman–Crippen MR) is 108 cm³/mol. The zero-order chi connectivity index (χ0) is 17.5. The fraction of sp³-hybridized carbons (Fsp3) is 0.412. The van der Waals surface area contributed by atoms with Gasteiger partial charge in [-0.25, -0.2) is 0 Å². The van der Waals surface area contributed by atoms with Crippen LogP contribution in [0, 0.1) is 6.92 Å². The maximum atomic E-state index is 5.32. The molecule has 130 valence electrons. The van der Waals surface area contributed by atoms with Crippen LogP contribution in [0.15, 0.2) is 34.9 Å². The Morgan fingerprint density at radius 2 is 2.00 bits per heavy atom. The smallest absolute Gasteiger partial charge is 0.172 e. The highest BCUT2D eigenvalue weighted by molar-refractivity contribution is 9.10. The molecule has 0 saturated carbocycles. The Kier molecular flexibility index (Phi) is 7.20. The van der Waals surface area contributed by atoms with Crippen LogP contribution in [0.25, 0.3) is 0 Å². The Hall–Kier alpha value is -1.44. The van der Waals surface area contributed by atoms with Crippen LogP contribution in [0.1, 0.15) is 17.5 Å². The third-order valence-corrected chi connectivity index (χ3v) is 4.31. The number of nitrogens with one attached hydrogen (secondary N) is 2. The summed E-state index contributed by atoms with van der Waals surface area (Å²) in [6, 6.07) is 8.46. The molecule has 2 rings (SSSR count). The Morgan fingerprint density at radius 1 is 1.29 bits per heavy atom. The summed E-state index contributed by atoms with van der Waals surface area (Å²) < 4.78 is 2.79. The van der Waals surface area contributed by atoms with E-state index in [1.165, 1.54) is 11.1 Å². The molecule has 0 aliphatic carbocycles. The fourth-order valence-corrected chi connectivity index (χ4v) is 2.81. The average molecular weight is 410 g/mol. The molecule has 0 aliphatic heterocycles. The Morgan fingerprint density at radius 3 is 2.67 bits per heavy atom. The molecular weight excluding hydrogens is 386 g/mol. The lowest BCUT2D eigenvalue weighted by atomic mass is 10.1. The molecule has 24 heavy (non-hydrogen) atoms. The zero-order valence-electron chi connectivity index (χ0n) is 14.3. The van der Waals surface area contributed by atoms with Gasteiger partial charge < -0.3 is 15.5 Å². The van der Waals surface area contributed by atoms with Crippen molar-refractivity contribution in [2.24, 2.45) is 0 Å². The van der Waals surface area contributed by atoms with E-state index in [1.54, 1.807) is 0 Å². The van der Waals surface area contributed by atoms with E-state index in [-0.39, 0.29) is 0 Å². The Balaban J connectivity index is 1.86. The molecule has 5 nitrogen and oxygen atoms in total. The maximum Gasteiger partial charge on any atom is 0.172 e. The van der Waals surface area contributed by atoms with Crippen LogP contribution in [0.2, 0.25) is 0 Å². The first-order valence-electron chi connectivity index (χ1n) is 7.92. The monoisotopic (exact) mass is 409 g/mol. The van der Waals surface area contributed by atoms with Crippen molar-refractivity contribution in [3.05, 3.63) is 46.1 Å². The minimum absolute atomic E-state index is 0.593. The molecule has 0 bridgehead atoms. The van der Waals surface area contributed by atoms with E-state index >= 15 is 0 Å². The van der Waals surface area contributed by atoms with Gasteiger partial charge in [0.25, 0.3) is 0 Å². The van der Waals surface area contributed by atoms with Gasteiger partial charge >= 0.3 is 0 Å². The van der Waals surface area contributed by atoms with Crippen LogP contribution in [0.3, 0.4) is 0 Å². The van der Waals surface area contributed by atoms with Gasteiger partial charge in [-0.05, 0) is 67.7 Å². The first-order valence-corrected chi connectivity index (χ1v) is 9.12. The van der Waals surface area contributed by atoms with Crippen molar-refractivity contribution in [3.63, 3.8) is 0 Å². The van der Waals surface area contributed by atoms with Gasteiger partial charge in [0.2, 0.25) is 0 Å². The molecular formula is C17H24BrN5S. The first kappa shape index (κ1) is 18.9. The van der Waals surface area contributed by atoms with Gasteiger partial charge in [-0.1, -0.05) is 29.8 Å². The lowest BCUT2D eigenvalue weighted by molar-refractivity contribution is 0.400. The summed E-state index contributed by atoms with van der Waals surface area (Å²) >= 11 is 8.85. The van der Waals surface area contributed by atoms with Crippen LogP contribution >= 0.6 is 28.1 Å². The molecule has 7 heteroatoms. The van der Waals surface area contributed by atoms with Gasteiger partial charge in [0.05, 0.1) is 11.0 Å². The topological polar surface area (TPSA) is 45.1 Å². The SMILES string of the molecule is Cc1ccc(Cn2cc(Br)c(NC(=S)NCCCN(C)C)n2)cc1. The predicted octanol–water partition coefficient (Wildman–Crippen LogP) is 3.24. The summed E-state index contributed by atoms with van der Waals surface area (Å²) in [5, 5.41) is 11.5. The van der Waals surface area contributed by atoms with E-state index in [4.69, 9.17) is 12.2 Å². The van der Waals surface area contributed by atoms with E-state index in [0.29, 0.717) is 5.11 Å². The van der Waals surface area contributed by atoms with Crippen LogP contribution < -0.4 is 10.6 Å². The Labute approximate surface area is 157 Å². The number of hydrogen-bond acceptors (Lipinski definition) is 3. The third-order valence-electron chi connectivity index (χ3n) is 3.48. The van der Waals surface area contributed by atoms with Crippen LogP contribution in [-0.4, -0.2) is 47.0 Å². The molecule has 0 radical (unpaired) electrons. The summed E-state index contributed by atoms with van der Waals surface area (Å²) in [6.45, 7) is 4.68. The highest BCUT2D eigenvalue weighted by atomic mass is 79.9. The molecule has 1 aromatic carbocycles. The van der Waals surface area contributed by atoms with Crippen molar-refractivity contribution in [2.75, 3.05) is 32.5 Å². The van der Waals surface area contributed by atoms with Crippen LogP contribution in [0.5, 0.6) is 0 Å². The second kappa shape index (κ2) is 9.15. The van der Waals surface area contributed by atoms with Crippen molar-refractivity contribution < 1.29 is 0 Å². The molecule has 1 aromatic heterocycles. The van der Waals surface area contributed by atoms with Crippen molar-refractivity contribution >= 4 is 39.1 Å². The standard InChI is InChI=1S/C17H24BrN5S/c1-13-5-7-14(8-6-13)11-23-12-15(18)16(21-23)20-17(24)19-9-4-10-22(2)3/h5-8,12H,4,9-11H2,1-3H3,(H2,19,20,21,24). The number of thiocarbonyl (C=S) groups is 1. The molecule has 0 spiro atoms. The summed E-state index contributed by atoms with van der Waals surface area (Å²) in [5.41, 5.74) is 2.47. The van der Waals surface area contributed by atoms with Crippen molar-refractivity contribution in [1.29, 1.82) is 0 Å². The molecule has 0 amide bonds. The number of aromatic nitrogens is 2. The van der Waals surface area contributed by atoms with E-state index in [9.17, 15) is 0 Å². The quantitative estimate of drug-likeness (QED) is 0.542. The van der Waals surface area contributed by atoms with E-state index < -0.39 is 0 Å². The molecule has 2 N–H and O–H groups in total. The molecule has 0 fully saturated rings. The summed E-state index contributed by atoms with van der Waals surface area (Å²) in [7, 11) is 4.13. The number of anilines is 1. The molecule has 0 atom stereocenters. The number of aryl methyl sites for hydroxylation is 1. The van der Waals surface area contributed by atoms with Crippen LogP contribution in [0.4, 0.5) is 5.82 Å². The number of hydrogen-bond donors (Lipinski definition) is 2. The van der Waals surface area contributed by atoms with Gasteiger partial charge in [-0.2, -0.15) is 5.10 Å². The fourth-order valence-electron chi connectivity index (χ4n) is 2.19. The molecule has 0 saturated heterocycles.